The number of alkyl halides is 2. The van der Waals surface area contributed by atoms with Crippen LogP contribution < -0.4 is 5.46 Å². The van der Waals surface area contributed by atoms with Gasteiger partial charge in [-0.3, -0.25) is 4.90 Å². The molecule has 42 heavy (non-hydrogen) atoms. The Kier molecular flexibility index (Phi) is 8.07. The molecule has 1 aromatic rings. The fourth-order valence-corrected chi connectivity index (χ4v) is 5.92. The number of halogens is 2. The molecule has 12 heteroatoms. The Bertz CT molecular complexity index is 1190. The lowest BCUT2D eigenvalue weighted by molar-refractivity contribution is -0.0494. The van der Waals surface area contributed by atoms with E-state index in [0.29, 0.717) is 32.7 Å². The SMILES string of the molecule is CC(C)(C)OC(=O)N1CCOCC1c1cc(B2OC(C)(C)C(C)(C)O2)cc2c1CN(C(=O)N1CCC(F)(F)CC1)CC2. The molecule has 3 saturated heterocycles. The van der Waals surface area contributed by atoms with Crippen molar-refractivity contribution in [1.82, 2.24) is 14.7 Å². The van der Waals surface area contributed by atoms with Crippen molar-refractivity contribution in [1.29, 1.82) is 0 Å². The number of morpholine rings is 1. The first-order chi connectivity index (χ1) is 19.5. The monoisotopic (exact) mass is 591 g/mol. The number of rotatable bonds is 2. The number of carbonyl (C=O) groups excluding carboxylic acids is 2. The second-order valence-corrected chi connectivity index (χ2v) is 13.9. The van der Waals surface area contributed by atoms with E-state index in [1.165, 1.54) is 4.90 Å². The van der Waals surface area contributed by atoms with Crippen LogP contribution in [-0.2, 0) is 31.7 Å². The molecule has 0 aromatic heterocycles. The molecule has 5 rings (SSSR count). The number of likely N-dealkylation sites (tertiary alicyclic amines) is 1. The van der Waals surface area contributed by atoms with Crippen molar-refractivity contribution >= 4 is 24.7 Å². The van der Waals surface area contributed by atoms with Crippen LogP contribution in [-0.4, -0.2) is 96.1 Å². The summed E-state index contributed by atoms with van der Waals surface area (Å²) >= 11 is 0. The maximum atomic E-state index is 13.8. The zero-order chi connectivity index (χ0) is 30.7. The van der Waals surface area contributed by atoms with E-state index in [4.69, 9.17) is 18.8 Å². The van der Waals surface area contributed by atoms with E-state index < -0.39 is 42.0 Å². The van der Waals surface area contributed by atoms with Gasteiger partial charge in [0.15, 0.2) is 0 Å². The summed E-state index contributed by atoms with van der Waals surface area (Å²) in [5.74, 6) is -2.73. The molecule has 0 bridgehead atoms. The minimum Gasteiger partial charge on any atom is -0.444 e. The molecule has 232 valence electrons. The molecular formula is C30H44BF2N3O6. The van der Waals surface area contributed by atoms with Gasteiger partial charge in [0, 0.05) is 45.6 Å². The highest BCUT2D eigenvalue weighted by Gasteiger charge is 2.52. The molecule has 9 nitrogen and oxygen atoms in total. The summed E-state index contributed by atoms with van der Waals surface area (Å²) in [5.41, 5.74) is 1.94. The van der Waals surface area contributed by atoms with Crippen molar-refractivity contribution in [3.8, 4) is 0 Å². The number of hydrogen-bond donors (Lipinski definition) is 0. The van der Waals surface area contributed by atoms with Crippen molar-refractivity contribution in [3.05, 3.63) is 28.8 Å². The first kappa shape index (κ1) is 31.0. The Hall–Kier alpha value is -2.44. The predicted octanol–water partition coefficient (Wildman–Crippen LogP) is 4.50. The normalized spacial score (nSPS) is 25.3. The third kappa shape index (κ3) is 6.26. The Morgan fingerprint density at radius 3 is 2.24 bits per heavy atom. The van der Waals surface area contributed by atoms with Gasteiger partial charge >= 0.3 is 19.2 Å². The lowest BCUT2D eigenvalue weighted by Gasteiger charge is -2.41. The average Bonchev–Trinajstić information content (AvgIpc) is 3.12. The number of urea groups is 1. The number of ether oxygens (including phenoxy) is 2. The highest BCUT2D eigenvalue weighted by atomic mass is 19.3. The molecule has 4 aliphatic rings. The number of nitrogens with zero attached hydrogens (tertiary/aromatic N) is 3. The van der Waals surface area contributed by atoms with Gasteiger partial charge in [-0.2, -0.15) is 0 Å². The number of fused-ring (bicyclic) bond motifs is 1. The molecule has 1 unspecified atom stereocenters. The molecule has 0 saturated carbocycles. The van der Waals surface area contributed by atoms with Crippen LogP contribution in [0.5, 0.6) is 0 Å². The van der Waals surface area contributed by atoms with Crippen molar-refractivity contribution in [2.24, 2.45) is 0 Å². The lowest BCUT2D eigenvalue weighted by Crippen LogP contribution is -2.51. The molecule has 0 aliphatic carbocycles. The molecule has 0 radical (unpaired) electrons. The largest absolute Gasteiger partial charge is 0.494 e. The van der Waals surface area contributed by atoms with Gasteiger partial charge in [-0.05, 0) is 77.0 Å². The van der Waals surface area contributed by atoms with Crippen LogP contribution >= 0.6 is 0 Å². The standard InChI is InChI=1S/C30H44BF2N3O6/c1-27(2,3)40-26(38)36-14-15-39-19-24(36)22-17-21(31-41-28(4,5)29(6,7)42-31)16-20-8-11-35(18-23(20)22)25(37)34-12-9-30(32,33)10-13-34/h16-17,24H,8-15,18-19H2,1-7H3. The highest BCUT2D eigenvalue weighted by Crippen LogP contribution is 2.38. The zero-order valence-corrected chi connectivity index (χ0v) is 25.9. The molecular weight excluding hydrogens is 547 g/mol. The second kappa shape index (κ2) is 10.9. The first-order valence-electron chi connectivity index (χ1n) is 15.0. The van der Waals surface area contributed by atoms with Gasteiger partial charge in [0.1, 0.15) is 5.60 Å². The Morgan fingerprint density at radius 1 is 0.976 bits per heavy atom. The van der Waals surface area contributed by atoms with Crippen molar-refractivity contribution in [3.63, 3.8) is 0 Å². The van der Waals surface area contributed by atoms with Gasteiger partial charge in [-0.15, -0.1) is 0 Å². The second-order valence-electron chi connectivity index (χ2n) is 13.9. The first-order valence-corrected chi connectivity index (χ1v) is 15.0. The van der Waals surface area contributed by atoms with E-state index in [1.807, 2.05) is 54.5 Å². The van der Waals surface area contributed by atoms with Gasteiger partial charge in [0.05, 0.1) is 30.5 Å². The summed E-state index contributed by atoms with van der Waals surface area (Å²) in [6, 6.07) is 3.40. The van der Waals surface area contributed by atoms with Gasteiger partial charge in [0.2, 0.25) is 0 Å². The van der Waals surface area contributed by atoms with Crippen molar-refractivity contribution in [2.75, 3.05) is 39.4 Å². The summed E-state index contributed by atoms with van der Waals surface area (Å²) < 4.78 is 52.0. The van der Waals surface area contributed by atoms with Crippen LogP contribution in [0, 0.1) is 0 Å². The smallest absolute Gasteiger partial charge is 0.444 e. The molecule has 3 amide bonds. The molecule has 0 spiro atoms. The topological polar surface area (TPSA) is 80.8 Å². The summed E-state index contributed by atoms with van der Waals surface area (Å²) in [4.78, 5) is 31.8. The van der Waals surface area contributed by atoms with Crippen LogP contribution in [0.15, 0.2) is 12.1 Å². The summed E-state index contributed by atoms with van der Waals surface area (Å²) in [5, 5.41) is 0. The van der Waals surface area contributed by atoms with E-state index in [1.54, 1.807) is 9.80 Å². The number of benzene rings is 1. The number of piperidine rings is 1. The van der Waals surface area contributed by atoms with Crippen LogP contribution in [0.2, 0.25) is 0 Å². The lowest BCUT2D eigenvalue weighted by atomic mass is 9.74. The molecule has 0 N–H and O–H groups in total. The van der Waals surface area contributed by atoms with Crippen LogP contribution in [0.1, 0.15) is 84.0 Å². The average molecular weight is 592 g/mol. The van der Waals surface area contributed by atoms with Crippen molar-refractivity contribution in [2.45, 2.75) is 103 Å². The minimum absolute atomic E-state index is 0.0335. The molecule has 1 aromatic carbocycles. The maximum absolute atomic E-state index is 13.8. The van der Waals surface area contributed by atoms with E-state index in [9.17, 15) is 18.4 Å². The van der Waals surface area contributed by atoms with Crippen molar-refractivity contribution < 1.29 is 37.2 Å². The number of carbonyl (C=O) groups is 2. The fourth-order valence-electron chi connectivity index (χ4n) is 5.92. The molecule has 1 atom stereocenters. The van der Waals surface area contributed by atoms with Gasteiger partial charge < -0.3 is 28.6 Å². The van der Waals surface area contributed by atoms with E-state index in [2.05, 4.69) is 6.07 Å². The number of hydrogen-bond acceptors (Lipinski definition) is 6. The quantitative estimate of drug-likeness (QED) is 0.472. The van der Waals surface area contributed by atoms with Gasteiger partial charge in [-0.25, -0.2) is 18.4 Å². The summed E-state index contributed by atoms with van der Waals surface area (Å²) in [7, 11) is -0.604. The molecule has 4 aliphatic heterocycles. The van der Waals surface area contributed by atoms with Crippen LogP contribution in [0.4, 0.5) is 18.4 Å². The summed E-state index contributed by atoms with van der Waals surface area (Å²) in [6.07, 6.45) is -0.499. The predicted molar refractivity (Wildman–Crippen MR) is 154 cm³/mol. The number of amides is 3. The Morgan fingerprint density at radius 2 is 1.62 bits per heavy atom. The minimum atomic E-state index is -2.73. The van der Waals surface area contributed by atoms with E-state index in [0.717, 1.165) is 22.2 Å². The zero-order valence-electron chi connectivity index (χ0n) is 25.9. The van der Waals surface area contributed by atoms with Crippen LogP contribution in [0.25, 0.3) is 0 Å². The van der Waals surface area contributed by atoms with Crippen LogP contribution in [0.3, 0.4) is 0 Å². The summed E-state index contributed by atoms with van der Waals surface area (Å²) in [6.45, 7) is 15.4. The van der Waals surface area contributed by atoms with Gasteiger partial charge in [-0.1, -0.05) is 12.1 Å². The molecule has 3 fully saturated rings. The Balaban J connectivity index is 1.50. The third-order valence-electron chi connectivity index (χ3n) is 9.08. The maximum Gasteiger partial charge on any atom is 0.494 e. The van der Waals surface area contributed by atoms with E-state index in [-0.39, 0.29) is 38.6 Å². The Labute approximate surface area is 247 Å². The third-order valence-corrected chi connectivity index (χ3v) is 9.08. The molecule has 4 heterocycles. The highest BCUT2D eigenvalue weighted by molar-refractivity contribution is 6.62. The van der Waals surface area contributed by atoms with Gasteiger partial charge in [0.25, 0.3) is 5.92 Å². The van der Waals surface area contributed by atoms with E-state index >= 15 is 0 Å². The fraction of sp³-hybridized carbons (Fsp3) is 0.733.